The van der Waals surface area contributed by atoms with Crippen LogP contribution in [0.1, 0.15) is 11.1 Å². The van der Waals surface area contributed by atoms with Gasteiger partial charge in [0.1, 0.15) is 5.75 Å². The second kappa shape index (κ2) is 6.44. The minimum Gasteiger partial charge on any atom is -0.508 e. The molecule has 0 saturated carbocycles. The van der Waals surface area contributed by atoms with Gasteiger partial charge in [-0.3, -0.25) is 10.1 Å². The Bertz CT molecular complexity index is 705. The summed E-state index contributed by atoms with van der Waals surface area (Å²) in [4.78, 5) is 10.6. The number of phenolic OH excluding ortho intramolecular Hbond substituents is 1. The summed E-state index contributed by atoms with van der Waals surface area (Å²) in [5.41, 5.74) is 1.94. The third-order valence-corrected chi connectivity index (χ3v) is 4.14. The van der Waals surface area contributed by atoms with Crippen LogP contribution in [-0.2, 0) is 6.54 Å². The number of nitro benzene ring substituents is 1. The molecule has 0 aliphatic rings. The maximum absolute atomic E-state index is 11.0. The summed E-state index contributed by atoms with van der Waals surface area (Å²) in [7, 11) is 0. The molecule has 0 unspecified atom stereocenters. The molecule has 5 nitrogen and oxygen atoms in total. The molecule has 0 heterocycles. The highest BCUT2D eigenvalue weighted by Crippen LogP contribution is 2.31. The normalized spacial score (nSPS) is 10.4. The zero-order valence-electron chi connectivity index (χ0n) is 11.1. The molecule has 0 aliphatic heterocycles. The van der Waals surface area contributed by atoms with Crippen LogP contribution in [0.3, 0.4) is 0 Å². The number of halogens is 2. The molecule has 110 valence electrons. The second-order valence-electron chi connectivity index (χ2n) is 4.50. The number of hydrogen-bond acceptors (Lipinski definition) is 4. The largest absolute Gasteiger partial charge is 0.508 e. The topological polar surface area (TPSA) is 75.4 Å². The van der Waals surface area contributed by atoms with Gasteiger partial charge in [0, 0.05) is 32.7 Å². The Morgan fingerprint density at radius 3 is 2.67 bits per heavy atom. The molecule has 0 fully saturated rings. The Morgan fingerprint density at radius 1 is 1.29 bits per heavy atom. The van der Waals surface area contributed by atoms with Crippen LogP contribution >= 0.6 is 31.9 Å². The Hall–Kier alpha value is -1.60. The summed E-state index contributed by atoms with van der Waals surface area (Å²) in [6, 6.07) is 8.30. The van der Waals surface area contributed by atoms with Gasteiger partial charge in [0.25, 0.3) is 5.69 Å². The zero-order chi connectivity index (χ0) is 15.6. The Labute approximate surface area is 138 Å². The highest BCUT2D eigenvalue weighted by atomic mass is 79.9. The van der Waals surface area contributed by atoms with E-state index >= 15 is 0 Å². The van der Waals surface area contributed by atoms with E-state index in [9.17, 15) is 15.2 Å². The number of aromatic hydroxyl groups is 1. The van der Waals surface area contributed by atoms with Gasteiger partial charge in [0.15, 0.2) is 0 Å². The van der Waals surface area contributed by atoms with Gasteiger partial charge in [-0.25, -0.2) is 0 Å². The van der Waals surface area contributed by atoms with E-state index in [-0.39, 0.29) is 11.4 Å². The number of nitrogens with one attached hydrogen (secondary N) is 1. The van der Waals surface area contributed by atoms with Crippen LogP contribution in [0.15, 0.2) is 39.3 Å². The SMILES string of the molecule is Cc1cc(Br)c(NCc2cc(Br)ccc2O)cc1[N+](=O)[O-]. The van der Waals surface area contributed by atoms with Crippen molar-refractivity contribution < 1.29 is 10.0 Å². The van der Waals surface area contributed by atoms with E-state index < -0.39 is 4.92 Å². The monoisotopic (exact) mass is 414 g/mol. The average molecular weight is 416 g/mol. The summed E-state index contributed by atoms with van der Waals surface area (Å²) in [6.45, 7) is 2.04. The lowest BCUT2D eigenvalue weighted by Gasteiger charge is -2.11. The number of anilines is 1. The van der Waals surface area contributed by atoms with Gasteiger partial charge in [-0.1, -0.05) is 15.9 Å². The molecule has 7 heteroatoms. The summed E-state index contributed by atoms with van der Waals surface area (Å²) in [5, 5.41) is 23.9. The summed E-state index contributed by atoms with van der Waals surface area (Å²) >= 11 is 6.72. The van der Waals surface area contributed by atoms with E-state index in [4.69, 9.17) is 0 Å². The fourth-order valence-electron chi connectivity index (χ4n) is 1.88. The van der Waals surface area contributed by atoms with Crippen LogP contribution in [0, 0.1) is 17.0 Å². The van der Waals surface area contributed by atoms with Crippen molar-refractivity contribution in [2.24, 2.45) is 0 Å². The molecule has 2 rings (SSSR count). The predicted molar refractivity (Wildman–Crippen MR) is 88.7 cm³/mol. The van der Waals surface area contributed by atoms with Crippen molar-refractivity contribution in [2.45, 2.75) is 13.5 Å². The maximum Gasteiger partial charge on any atom is 0.274 e. The standard InChI is InChI=1S/C14H12Br2N2O3/c1-8-4-11(16)12(6-13(8)18(20)21)17-7-9-5-10(15)2-3-14(9)19/h2-6,17,19H,7H2,1H3. The smallest absolute Gasteiger partial charge is 0.274 e. The van der Waals surface area contributed by atoms with Gasteiger partial charge < -0.3 is 10.4 Å². The second-order valence-corrected chi connectivity index (χ2v) is 6.27. The number of aryl methyl sites for hydroxylation is 1. The minimum absolute atomic E-state index is 0.0548. The van der Waals surface area contributed by atoms with Crippen LogP contribution in [0.2, 0.25) is 0 Å². The van der Waals surface area contributed by atoms with Gasteiger partial charge in [-0.05, 0) is 47.1 Å². The van der Waals surface area contributed by atoms with E-state index in [0.29, 0.717) is 23.4 Å². The Kier molecular flexibility index (Phi) is 4.84. The first-order valence-corrected chi connectivity index (χ1v) is 7.63. The molecule has 2 aromatic rings. The summed E-state index contributed by atoms with van der Waals surface area (Å²) in [5.74, 6) is 0.170. The first-order valence-electron chi connectivity index (χ1n) is 6.04. The first kappa shape index (κ1) is 15.8. The lowest BCUT2D eigenvalue weighted by molar-refractivity contribution is -0.385. The van der Waals surface area contributed by atoms with E-state index in [0.717, 1.165) is 8.95 Å². The van der Waals surface area contributed by atoms with Crippen molar-refractivity contribution in [3.05, 3.63) is 60.5 Å². The van der Waals surface area contributed by atoms with Crippen molar-refractivity contribution in [3.8, 4) is 5.75 Å². The number of nitro groups is 1. The van der Waals surface area contributed by atoms with Crippen molar-refractivity contribution in [2.75, 3.05) is 5.32 Å². The molecule has 0 aliphatic carbocycles. The molecule has 0 amide bonds. The van der Waals surface area contributed by atoms with Gasteiger partial charge in [-0.15, -0.1) is 0 Å². The fourth-order valence-corrected chi connectivity index (χ4v) is 2.89. The average Bonchev–Trinajstić information content (AvgIpc) is 2.41. The van der Waals surface area contributed by atoms with E-state index in [1.807, 2.05) is 0 Å². The van der Waals surface area contributed by atoms with Gasteiger partial charge >= 0.3 is 0 Å². The number of phenols is 1. The van der Waals surface area contributed by atoms with Crippen LogP contribution in [0.5, 0.6) is 5.75 Å². The highest BCUT2D eigenvalue weighted by Gasteiger charge is 2.14. The minimum atomic E-state index is -0.413. The maximum atomic E-state index is 11.0. The lowest BCUT2D eigenvalue weighted by Crippen LogP contribution is -2.02. The van der Waals surface area contributed by atoms with E-state index in [2.05, 4.69) is 37.2 Å². The number of hydrogen-bond donors (Lipinski definition) is 2. The van der Waals surface area contributed by atoms with Gasteiger partial charge in [-0.2, -0.15) is 0 Å². The van der Waals surface area contributed by atoms with Crippen molar-refractivity contribution in [1.82, 2.24) is 0 Å². The molecule has 0 atom stereocenters. The van der Waals surface area contributed by atoms with Crippen molar-refractivity contribution in [3.63, 3.8) is 0 Å². The molecule has 0 spiro atoms. The van der Waals surface area contributed by atoms with Gasteiger partial charge in [0.05, 0.1) is 10.6 Å². The third-order valence-electron chi connectivity index (χ3n) is 2.99. The fraction of sp³-hybridized carbons (Fsp3) is 0.143. The van der Waals surface area contributed by atoms with Gasteiger partial charge in [0.2, 0.25) is 0 Å². The molecular weight excluding hydrogens is 404 g/mol. The van der Waals surface area contributed by atoms with Crippen LogP contribution in [0.25, 0.3) is 0 Å². The molecule has 2 N–H and O–H groups in total. The molecule has 2 aromatic carbocycles. The molecule has 0 bridgehead atoms. The molecular formula is C14H12Br2N2O3. The first-order chi connectivity index (χ1) is 9.88. The van der Waals surface area contributed by atoms with Crippen molar-refractivity contribution in [1.29, 1.82) is 0 Å². The third kappa shape index (κ3) is 3.74. The van der Waals surface area contributed by atoms with Crippen LogP contribution in [-0.4, -0.2) is 10.0 Å². The van der Waals surface area contributed by atoms with E-state index in [1.165, 1.54) is 6.07 Å². The predicted octanol–water partition coefficient (Wildman–Crippen LogP) is 4.75. The number of benzene rings is 2. The zero-order valence-corrected chi connectivity index (χ0v) is 14.2. The van der Waals surface area contributed by atoms with Crippen LogP contribution in [0.4, 0.5) is 11.4 Å². The Morgan fingerprint density at radius 2 is 2.00 bits per heavy atom. The van der Waals surface area contributed by atoms with Crippen molar-refractivity contribution >= 4 is 43.2 Å². The molecule has 0 radical (unpaired) electrons. The molecule has 21 heavy (non-hydrogen) atoms. The van der Waals surface area contributed by atoms with E-state index in [1.54, 1.807) is 31.2 Å². The summed E-state index contributed by atoms with van der Waals surface area (Å²) < 4.78 is 1.59. The Balaban J connectivity index is 2.25. The highest BCUT2D eigenvalue weighted by molar-refractivity contribution is 9.10. The lowest BCUT2D eigenvalue weighted by atomic mass is 10.1. The molecule has 0 aromatic heterocycles. The quantitative estimate of drug-likeness (QED) is 0.558. The summed E-state index contributed by atoms with van der Waals surface area (Å²) in [6.07, 6.45) is 0. The van der Waals surface area contributed by atoms with Crippen LogP contribution < -0.4 is 5.32 Å². The molecule has 0 saturated heterocycles. The number of rotatable bonds is 4. The number of nitrogens with zero attached hydrogens (tertiary/aromatic N) is 1.